The van der Waals surface area contributed by atoms with Gasteiger partial charge >= 0.3 is 12.1 Å². The molecule has 0 bridgehead atoms. The number of rotatable bonds is 10. The molecule has 0 aliphatic carbocycles. The van der Waals surface area contributed by atoms with E-state index in [1.165, 1.54) is 31.8 Å². The Labute approximate surface area is 216 Å². The van der Waals surface area contributed by atoms with Crippen LogP contribution >= 0.6 is 0 Å². The molecule has 1 amide bonds. The normalized spacial score (nSPS) is 11.6. The molecule has 1 N–H and O–H groups in total. The first-order chi connectivity index (χ1) is 17.5. The number of esters is 1. The van der Waals surface area contributed by atoms with Crippen molar-refractivity contribution in [3.8, 4) is 16.9 Å². The maximum absolute atomic E-state index is 13.1. The summed E-state index contributed by atoms with van der Waals surface area (Å²) in [6.45, 7) is 5.70. The van der Waals surface area contributed by atoms with Crippen molar-refractivity contribution in [2.24, 2.45) is 0 Å². The van der Waals surface area contributed by atoms with Crippen LogP contribution in [0.5, 0.6) is 5.75 Å². The molecule has 0 radical (unpaired) electrons. The van der Waals surface area contributed by atoms with Crippen molar-refractivity contribution in [3.63, 3.8) is 0 Å². The fourth-order valence-corrected chi connectivity index (χ4v) is 4.92. The summed E-state index contributed by atoms with van der Waals surface area (Å²) in [5.74, 6) is -0.985. The van der Waals surface area contributed by atoms with E-state index in [1.54, 1.807) is 57.2 Å². The van der Waals surface area contributed by atoms with Gasteiger partial charge in [-0.15, -0.1) is 0 Å². The zero-order chi connectivity index (χ0) is 27.1. The lowest BCUT2D eigenvalue weighted by Gasteiger charge is -2.20. The van der Waals surface area contributed by atoms with Gasteiger partial charge in [0, 0.05) is 17.7 Å². The highest BCUT2D eigenvalue weighted by molar-refractivity contribution is 7.90. The van der Waals surface area contributed by atoms with Crippen molar-refractivity contribution in [2.75, 3.05) is 20.3 Å². The number of furan rings is 1. The Bertz CT molecular complexity index is 1310. The van der Waals surface area contributed by atoms with E-state index in [1.807, 2.05) is 0 Å². The van der Waals surface area contributed by atoms with E-state index in [0.29, 0.717) is 17.5 Å². The average Bonchev–Trinajstić information content (AvgIpc) is 3.37. The Morgan fingerprint density at radius 1 is 1.03 bits per heavy atom. The van der Waals surface area contributed by atoms with Crippen LogP contribution < -0.4 is 10.1 Å². The van der Waals surface area contributed by atoms with Crippen molar-refractivity contribution >= 4 is 21.9 Å². The number of benzene rings is 2. The molecule has 2 aromatic carbocycles. The molecule has 0 saturated carbocycles. The number of ether oxygens (including phenoxy) is 3. The van der Waals surface area contributed by atoms with E-state index in [9.17, 15) is 18.0 Å². The third-order valence-electron chi connectivity index (χ3n) is 5.15. The highest BCUT2D eigenvalue weighted by atomic mass is 32.2. The van der Waals surface area contributed by atoms with Crippen LogP contribution in [0, 0.1) is 0 Å². The average molecular weight is 530 g/mol. The Kier molecular flexibility index (Phi) is 8.99. The van der Waals surface area contributed by atoms with Crippen LogP contribution in [0.3, 0.4) is 0 Å². The smallest absolute Gasteiger partial charge is 0.407 e. The number of nitrogens with one attached hydrogen (secondary N) is 1. The summed E-state index contributed by atoms with van der Waals surface area (Å²) in [6, 6.07) is 13.0. The number of carbonyl (C=O) groups is 2. The largest absolute Gasteiger partial charge is 0.492 e. The first kappa shape index (κ1) is 27.8. The van der Waals surface area contributed by atoms with E-state index in [0.717, 1.165) is 0 Å². The Morgan fingerprint density at radius 3 is 2.38 bits per heavy atom. The summed E-state index contributed by atoms with van der Waals surface area (Å²) >= 11 is 0. The van der Waals surface area contributed by atoms with Gasteiger partial charge in [-0.05, 0) is 51.0 Å². The third-order valence-corrected chi connectivity index (χ3v) is 6.83. The van der Waals surface area contributed by atoms with E-state index in [4.69, 9.17) is 18.6 Å². The predicted molar refractivity (Wildman–Crippen MR) is 137 cm³/mol. The Hall–Kier alpha value is -3.79. The second-order valence-corrected chi connectivity index (χ2v) is 11.2. The van der Waals surface area contributed by atoms with Crippen LogP contribution in [0.25, 0.3) is 11.1 Å². The molecular weight excluding hydrogens is 498 g/mol. The SMILES string of the molecule is COC(=O)c1c(CS(=O)(=O)c2ccccc2)ccc(-c2ccoc2)c1OCCCNC(=O)OC(C)(C)C. The van der Waals surface area contributed by atoms with Gasteiger partial charge in [-0.25, -0.2) is 18.0 Å². The summed E-state index contributed by atoms with van der Waals surface area (Å²) < 4.78 is 47.6. The van der Waals surface area contributed by atoms with Crippen molar-refractivity contribution < 1.29 is 36.6 Å². The number of carbonyl (C=O) groups excluding carboxylic acids is 2. The molecule has 0 saturated heterocycles. The molecule has 9 nitrogen and oxygen atoms in total. The summed E-state index contributed by atoms with van der Waals surface area (Å²) in [5.41, 5.74) is 0.820. The molecule has 0 atom stereocenters. The van der Waals surface area contributed by atoms with Gasteiger partial charge in [0.2, 0.25) is 0 Å². The lowest BCUT2D eigenvalue weighted by molar-refractivity contribution is 0.0525. The van der Waals surface area contributed by atoms with E-state index >= 15 is 0 Å². The second-order valence-electron chi connectivity index (χ2n) is 9.18. The van der Waals surface area contributed by atoms with Crippen molar-refractivity contribution in [3.05, 3.63) is 72.2 Å². The second kappa shape index (κ2) is 12.0. The third kappa shape index (κ3) is 7.60. The topological polar surface area (TPSA) is 121 Å². The maximum atomic E-state index is 13.1. The number of methoxy groups -OCH3 is 1. The minimum Gasteiger partial charge on any atom is -0.492 e. The van der Waals surface area contributed by atoms with E-state index in [2.05, 4.69) is 5.32 Å². The van der Waals surface area contributed by atoms with Gasteiger partial charge in [0.1, 0.15) is 16.9 Å². The number of alkyl carbamates (subject to hydrolysis) is 1. The quantitative estimate of drug-likeness (QED) is 0.288. The fraction of sp³-hybridized carbons (Fsp3) is 0.333. The van der Waals surface area contributed by atoms with Crippen LogP contribution in [0.1, 0.15) is 43.1 Å². The van der Waals surface area contributed by atoms with E-state index < -0.39 is 33.3 Å². The lowest BCUT2D eigenvalue weighted by Crippen LogP contribution is -2.33. The molecule has 198 valence electrons. The maximum Gasteiger partial charge on any atom is 0.407 e. The molecular formula is C27H31NO8S. The highest BCUT2D eigenvalue weighted by Gasteiger charge is 2.27. The number of sulfone groups is 1. The fourth-order valence-electron chi connectivity index (χ4n) is 3.53. The number of hydrogen-bond acceptors (Lipinski definition) is 8. The standard InChI is InChI=1S/C27H31NO8S/c1-27(2,3)36-26(30)28-14-8-15-35-24-22(19-13-16-34-17-19)12-11-20(23(24)25(29)33-4)18-37(31,32)21-9-6-5-7-10-21/h5-7,9-13,16-17H,8,14-15,18H2,1-4H3,(H,28,30). The minimum absolute atomic E-state index is 0.0146. The number of hydrogen-bond donors (Lipinski definition) is 1. The van der Waals surface area contributed by atoms with Gasteiger partial charge in [-0.1, -0.05) is 30.3 Å². The monoisotopic (exact) mass is 529 g/mol. The van der Waals surface area contributed by atoms with Crippen LogP contribution in [-0.4, -0.2) is 46.3 Å². The van der Waals surface area contributed by atoms with Crippen LogP contribution in [-0.2, 0) is 25.1 Å². The zero-order valence-corrected chi connectivity index (χ0v) is 22.1. The molecule has 3 aromatic rings. The molecule has 3 rings (SSSR count). The lowest BCUT2D eigenvalue weighted by atomic mass is 9.99. The molecule has 0 fully saturated rings. The summed E-state index contributed by atoms with van der Waals surface area (Å²) in [6.07, 6.45) is 2.83. The molecule has 0 unspecified atom stereocenters. The van der Waals surface area contributed by atoms with Gasteiger partial charge in [0.15, 0.2) is 9.84 Å². The Morgan fingerprint density at radius 2 is 1.76 bits per heavy atom. The summed E-state index contributed by atoms with van der Waals surface area (Å²) in [4.78, 5) is 24.9. The van der Waals surface area contributed by atoms with Gasteiger partial charge in [-0.3, -0.25) is 0 Å². The first-order valence-corrected chi connectivity index (χ1v) is 13.3. The number of amides is 1. The first-order valence-electron chi connectivity index (χ1n) is 11.7. The predicted octanol–water partition coefficient (Wildman–Crippen LogP) is 5.00. The molecule has 0 aliphatic heterocycles. The van der Waals surface area contributed by atoms with Crippen molar-refractivity contribution in [1.29, 1.82) is 0 Å². The molecule has 1 heterocycles. The molecule has 1 aromatic heterocycles. The van der Waals surface area contributed by atoms with Crippen LogP contribution in [0.4, 0.5) is 4.79 Å². The van der Waals surface area contributed by atoms with Gasteiger partial charge in [0.05, 0.1) is 36.9 Å². The highest BCUT2D eigenvalue weighted by Crippen LogP contribution is 2.37. The summed E-state index contributed by atoms with van der Waals surface area (Å²) in [5, 5.41) is 2.65. The van der Waals surface area contributed by atoms with Crippen molar-refractivity contribution in [1.82, 2.24) is 5.32 Å². The van der Waals surface area contributed by atoms with Gasteiger partial charge in [-0.2, -0.15) is 0 Å². The van der Waals surface area contributed by atoms with Gasteiger partial charge < -0.3 is 23.9 Å². The molecule has 10 heteroatoms. The van der Waals surface area contributed by atoms with E-state index in [-0.39, 0.29) is 34.9 Å². The Balaban J connectivity index is 1.89. The minimum atomic E-state index is -3.76. The molecule has 0 aliphatic rings. The molecule has 0 spiro atoms. The molecule has 37 heavy (non-hydrogen) atoms. The summed E-state index contributed by atoms with van der Waals surface area (Å²) in [7, 11) is -2.54. The zero-order valence-electron chi connectivity index (χ0n) is 21.3. The van der Waals surface area contributed by atoms with Crippen LogP contribution in [0.2, 0.25) is 0 Å². The van der Waals surface area contributed by atoms with Crippen molar-refractivity contribution in [2.45, 2.75) is 43.4 Å². The van der Waals surface area contributed by atoms with Gasteiger partial charge in [0.25, 0.3) is 0 Å². The van der Waals surface area contributed by atoms with Crippen LogP contribution in [0.15, 0.2) is 70.4 Å².